The van der Waals surface area contributed by atoms with Crippen molar-refractivity contribution in [3.8, 4) is 6.07 Å². The number of hydrogen-bond donors (Lipinski definition) is 0. The summed E-state index contributed by atoms with van der Waals surface area (Å²) in [6, 6.07) is 3.22. The molecule has 1 heterocycles. The van der Waals surface area contributed by atoms with Crippen molar-refractivity contribution in [1.29, 1.82) is 5.26 Å². The van der Waals surface area contributed by atoms with Crippen LogP contribution in [0.3, 0.4) is 0 Å². The number of piperazine rings is 1. The third-order valence-corrected chi connectivity index (χ3v) is 3.55. The molecule has 0 aromatic rings. The summed E-state index contributed by atoms with van der Waals surface area (Å²) in [5.74, 6) is 0. The Hall–Kier alpha value is -0.590. The molecular weight excluding hydrogens is 186 g/mol. The van der Waals surface area contributed by atoms with Crippen molar-refractivity contribution >= 4 is 0 Å². The fourth-order valence-electron chi connectivity index (χ4n) is 2.26. The number of hydrogen-bond acceptors (Lipinski definition) is 3. The van der Waals surface area contributed by atoms with Gasteiger partial charge >= 0.3 is 0 Å². The average molecular weight is 209 g/mol. The lowest BCUT2D eigenvalue weighted by Crippen LogP contribution is -2.63. The van der Waals surface area contributed by atoms with E-state index >= 15 is 0 Å². The van der Waals surface area contributed by atoms with E-state index in [9.17, 15) is 0 Å². The van der Waals surface area contributed by atoms with Crippen LogP contribution in [0, 0.1) is 11.3 Å². The van der Waals surface area contributed by atoms with E-state index in [4.69, 9.17) is 5.26 Å². The summed E-state index contributed by atoms with van der Waals surface area (Å²) in [5, 5.41) is 8.84. The van der Waals surface area contributed by atoms with Crippen molar-refractivity contribution < 1.29 is 0 Å². The van der Waals surface area contributed by atoms with E-state index in [-0.39, 0.29) is 5.54 Å². The second kappa shape index (κ2) is 4.51. The lowest BCUT2D eigenvalue weighted by atomic mass is 9.94. The second-order valence-electron chi connectivity index (χ2n) is 5.48. The molecule has 1 saturated heterocycles. The van der Waals surface area contributed by atoms with Crippen LogP contribution in [0.1, 0.15) is 34.1 Å². The molecule has 1 aliphatic heterocycles. The molecule has 0 aliphatic carbocycles. The molecule has 3 heteroatoms. The first kappa shape index (κ1) is 12.5. The fraction of sp³-hybridized carbons (Fsp3) is 0.917. The van der Waals surface area contributed by atoms with Crippen molar-refractivity contribution in [2.24, 2.45) is 0 Å². The molecule has 0 N–H and O–H groups in total. The van der Waals surface area contributed by atoms with Crippen LogP contribution in [0.5, 0.6) is 0 Å². The van der Waals surface area contributed by atoms with Gasteiger partial charge in [-0.05, 0) is 34.7 Å². The van der Waals surface area contributed by atoms with Gasteiger partial charge in [0.1, 0.15) is 0 Å². The van der Waals surface area contributed by atoms with Crippen LogP contribution in [0.25, 0.3) is 0 Å². The third kappa shape index (κ3) is 2.70. The predicted octanol–water partition coefficient (Wildman–Crippen LogP) is 1.70. The predicted molar refractivity (Wildman–Crippen MR) is 62.6 cm³/mol. The summed E-state index contributed by atoms with van der Waals surface area (Å²) in [7, 11) is 2.15. The molecule has 0 spiro atoms. The van der Waals surface area contributed by atoms with Crippen molar-refractivity contribution in [1.82, 2.24) is 9.80 Å². The van der Waals surface area contributed by atoms with E-state index in [0.29, 0.717) is 18.5 Å². The van der Waals surface area contributed by atoms with E-state index in [1.807, 2.05) is 0 Å². The maximum Gasteiger partial charge on any atom is 0.0638 e. The molecule has 1 fully saturated rings. The van der Waals surface area contributed by atoms with E-state index in [1.54, 1.807) is 0 Å². The van der Waals surface area contributed by atoms with Crippen LogP contribution in [0.15, 0.2) is 0 Å². The van der Waals surface area contributed by atoms with Gasteiger partial charge in [-0.3, -0.25) is 9.80 Å². The molecule has 3 nitrogen and oxygen atoms in total. The zero-order valence-corrected chi connectivity index (χ0v) is 10.6. The summed E-state index contributed by atoms with van der Waals surface area (Å²) in [4.78, 5) is 4.83. The molecule has 0 bridgehead atoms. The molecule has 0 radical (unpaired) electrons. The van der Waals surface area contributed by atoms with Crippen molar-refractivity contribution in [2.45, 2.75) is 51.7 Å². The molecular formula is C12H23N3. The molecule has 1 rings (SSSR count). The van der Waals surface area contributed by atoms with Gasteiger partial charge in [-0.1, -0.05) is 0 Å². The largest absolute Gasteiger partial charge is 0.298 e. The molecule has 86 valence electrons. The highest BCUT2D eigenvalue weighted by molar-refractivity contribution is 4.97. The quantitative estimate of drug-likeness (QED) is 0.693. The van der Waals surface area contributed by atoms with Crippen LogP contribution in [-0.2, 0) is 0 Å². The molecule has 1 atom stereocenters. The Morgan fingerprint density at radius 3 is 2.53 bits per heavy atom. The Labute approximate surface area is 93.7 Å². The third-order valence-electron chi connectivity index (χ3n) is 3.55. The number of likely N-dealkylation sites (N-methyl/N-ethyl adjacent to an activating group) is 1. The SMILES string of the molecule is CC(C)N1CC(C)(C)N(C)CC1CC#N. The second-order valence-corrected chi connectivity index (χ2v) is 5.48. The minimum Gasteiger partial charge on any atom is -0.298 e. The smallest absolute Gasteiger partial charge is 0.0638 e. The van der Waals surface area contributed by atoms with Gasteiger partial charge in [0.15, 0.2) is 0 Å². The van der Waals surface area contributed by atoms with Crippen molar-refractivity contribution in [2.75, 3.05) is 20.1 Å². The highest BCUT2D eigenvalue weighted by Gasteiger charge is 2.37. The van der Waals surface area contributed by atoms with Crippen LogP contribution < -0.4 is 0 Å². The summed E-state index contributed by atoms with van der Waals surface area (Å²) < 4.78 is 0. The van der Waals surface area contributed by atoms with Crippen LogP contribution in [0.4, 0.5) is 0 Å². The lowest BCUT2D eigenvalue weighted by molar-refractivity contribution is -0.0157. The van der Waals surface area contributed by atoms with E-state index in [0.717, 1.165) is 13.1 Å². The minimum absolute atomic E-state index is 0.218. The first-order valence-electron chi connectivity index (χ1n) is 5.72. The molecule has 1 unspecified atom stereocenters. The van der Waals surface area contributed by atoms with Gasteiger partial charge in [-0.2, -0.15) is 5.26 Å². The normalized spacial score (nSPS) is 27.9. The van der Waals surface area contributed by atoms with E-state index in [1.165, 1.54) is 0 Å². The summed E-state index contributed by atoms with van der Waals surface area (Å²) in [6.45, 7) is 11.0. The fourth-order valence-corrected chi connectivity index (χ4v) is 2.26. The average Bonchev–Trinajstić information content (AvgIpc) is 2.11. The molecule has 0 aromatic carbocycles. The summed E-state index contributed by atoms with van der Waals surface area (Å²) in [5.41, 5.74) is 0.218. The lowest BCUT2D eigenvalue weighted by Gasteiger charge is -2.50. The summed E-state index contributed by atoms with van der Waals surface area (Å²) in [6.07, 6.45) is 0.638. The molecule has 15 heavy (non-hydrogen) atoms. The Morgan fingerprint density at radius 2 is 2.07 bits per heavy atom. The van der Waals surface area contributed by atoms with E-state index < -0.39 is 0 Å². The zero-order valence-electron chi connectivity index (χ0n) is 10.6. The topological polar surface area (TPSA) is 30.3 Å². The van der Waals surface area contributed by atoms with Gasteiger partial charge in [0.2, 0.25) is 0 Å². The van der Waals surface area contributed by atoms with Gasteiger partial charge in [0, 0.05) is 30.7 Å². The van der Waals surface area contributed by atoms with Crippen molar-refractivity contribution in [3.05, 3.63) is 0 Å². The van der Waals surface area contributed by atoms with Gasteiger partial charge in [0.25, 0.3) is 0 Å². The highest BCUT2D eigenvalue weighted by Crippen LogP contribution is 2.25. The number of nitrogens with zero attached hydrogens (tertiary/aromatic N) is 3. The monoisotopic (exact) mass is 209 g/mol. The first-order chi connectivity index (χ1) is 6.88. The Balaban J connectivity index is 2.78. The molecule has 0 saturated carbocycles. The van der Waals surface area contributed by atoms with Gasteiger partial charge in [-0.15, -0.1) is 0 Å². The Bertz CT molecular complexity index is 252. The zero-order chi connectivity index (χ0) is 11.6. The maximum atomic E-state index is 8.84. The highest BCUT2D eigenvalue weighted by atomic mass is 15.3. The number of nitriles is 1. The van der Waals surface area contributed by atoms with Gasteiger partial charge in [-0.25, -0.2) is 0 Å². The first-order valence-corrected chi connectivity index (χ1v) is 5.72. The standard InChI is InChI=1S/C12H23N3/c1-10(2)15-9-12(3,4)14(5)8-11(15)6-7-13/h10-11H,6,8-9H2,1-5H3. The van der Waals surface area contributed by atoms with Crippen LogP contribution in [-0.4, -0.2) is 47.6 Å². The minimum atomic E-state index is 0.218. The van der Waals surface area contributed by atoms with Gasteiger partial charge in [0.05, 0.1) is 12.5 Å². The van der Waals surface area contributed by atoms with Crippen molar-refractivity contribution in [3.63, 3.8) is 0 Å². The Kier molecular flexibility index (Phi) is 3.75. The molecule has 0 aromatic heterocycles. The molecule has 1 aliphatic rings. The molecule has 0 amide bonds. The summed E-state index contributed by atoms with van der Waals surface area (Å²) >= 11 is 0. The maximum absolute atomic E-state index is 8.84. The van der Waals surface area contributed by atoms with Crippen LogP contribution in [0.2, 0.25) is 0 Å². The van der Waals surface area contributed by atoms with Gasteiger partial charge < -0.3 is 0 Å². The Morgan fingerprint density at radius 1 is 1.47 bits per heavy atom. The number of rotatable bonds is 2. The van der Waals surface area contributed by atoms with E-state index in [2.05, 4.69) is 50.6 Å². The van der Waals surface area contributed by atoms with Crippen LogP contribution >= 0.6 is 0 Å².